The maximum absolute atomic E-state index is 5.05. The smallest absolute Gasteiger partial charge is 0.212 e. The second kappa shape index (κ2) is 8.47. The third-order valence-electron chi connectivity index (χ3n) is 3.39. The number of rotatable bonds is 6. The average molecular weight is 333 g/mol. The lowest BCUT2D eigenvalue weighted by molar-refractivity contribution is 0.397. The summed E-state index contributed by atoms with van der Waals surface area (Å²) in [7, 11) is 3.37. The second-order valence-electron chi connectivity index (χ2n) is 5.06. The lowest BCUT2D eigenvalue weighted by atomic mass is 10.3. The highest BCUT2D eigenvalue weighted by Gasteiger charge is 2.04. The van der Waals surface area contributed by atoms with E-state index in [2.05, 4.69) is 32.5 Å². The van der Waals surface area contributed by atoms with Crippen molar-refractivity contribution in [3.8, 4) is 5.88 Å². The van der Waals surface area contributed by atoms with Crippen molar-refractivity contribution < 1.29 is 4.74 Å². The van der Waals surface area contributed by atoms with E-state index in [9.17, 15) is 0 Å². The lowest BCUT2D eigenvalue weighted by Gasteiger charge is -2.11. The molecule has 0 aliphatic rings. The summed E-state index contributed by atoms with van der Waals surface area (Å²) in [5.41, 5.74) is 2.19. The van der Waals surface area contributed by atoms with E-state index in [1.165, 1.54) is 4.88 Å². The van der Waals surface area contributed by atoms with Gasteiger partial charge in [0, 0.05) is 43.7 Å². The minimum absolute atomic E-state index is 0.616. The number of aromatic nitrogens is 2. The molecule has 0 unspecified atom stereocenters. The van der Waals surface area contributed by atoms with Crippen molar-refractivity contribution in [1.82, 2.24) is 20.6 Å². The van der Waals surface area contributed by atoms with Gasteiger partial charge in [-0.25, -0.2) is 9.97 Å². The van der Waals surface area contributed by atoms with Crippen LogP contribution in [0.25, 0.3) is 0 Å². The van der Waals surface area contributed by atoms with Crippen LogP contribution >= 0.6 is 11.3 Å². The Kier molecular flexibility index (Phi) is 6.34. The number of pyridine rings is 1. The van der Waals surface area contributed by atoms with Gasteiger partial charge in [0.1, 0.15) is 0 Å². The molecular formula is C16H23N5OS. The van der Waals surface area contributed by atoms with Gasteiger partial charge in [0.05, 0.1) is 17.8 Å². The zero-order valence-corrected chi connectivity index (χ0v) is 14.8. The monoisotopic (exact) mass is 333 g/mol. The highest BCUT2D eigenvalue weighted by molar-refractivity contribution is 7.11. The SMILES string of the molecule is CN=C(NCCc1nc(C)c(C)s1)NCc1ccc(OC)nc1. The molecule has 0 saturated heterocycles. The quantitative estimate of drug-likeness (QED) is 0.625. The molecule has 2 aromatic heterocycles. The Hall–Kier alpha value is -2.15. The third-order valence-corrected chi connectivity index (χ3v) is 4.53. The zero-order chi connectivity index (χ0) is 16.7. The number of methoxy groups -OCH3 is 1. The molecule has 7 heteroatoms. The molecule has 0 bridgehead atoms. The minimum Gasteiger partial charge on any atom is -0.481 e. The summed E-state index contributed by atoms with van der Waals surface area (Å²) < 4.78 is 5.05. The zero-order valence-electron chi connectivity index (χ0n) is 14.0. The number of thiazole rings is 1. The number of hydrogen-bond acceptors (Lipinski definition) is 5. The average Bonchev–Trinajstić information content (AvgIpc) is 2.89. The van der Waals surface area contributed by atoms with Crippen molar-refractivity contribution in [3.63, 3.8) is 0 Å². The molecule has 0 spiro atoms. The van der Waals surface area contributed by atoms with Crippen LogP contribution in [0.1, 0.15) is 21.1 Å². The molecule has 0 saturated carbocycles. The van der Waals surface area contributed by atoms with Crippen molar-refractivity contribution in [2.24, 2.45) is 4.99 Å². The number of aliphatic imine (C=N–C) groups is 1. The lowest BCUT2D eigenvalue weighted by Crippen LogP contribution is -2.37. The van der Waals surface area contributed by atoms with Crippen LogP contribution in [-0.2, 0) is 13.0 Å². The summed E-state index contributed by atoms with van der Waals surface area (Å²) in [6.07, 6.45) is 2.68. The Morgan fingerprint density at radius 3 is 2.70 bits per heavy atom. The summed E-state index contributed by atoms with van der Waals surface area (Å²) in [6.45, 7) is 5.61. The Labute approximate surface area is 141 Å². The van der Waals surface area contributed by atoms with Crippen molar-refractivity contribution in [2.45, 2.75) is 26.8 Å². The van der Waals surface area contributed by atoms with Crippen molar-refractivity contribution in [3.05, 3.63) is 39.5 Å². The van der Waals surface area contributed by atoms with Crippen molar-refractivity contribution >= 4 is 17.3 Å². The fraction of sp³-hybridized carbons (Fsp3) is 0.438. The van der Waals surface area contributed by atoms with Crippen LogP contribution in [0.5, 0.6) is 5.88 Å². The largest absolute Gasteiger partial charge is 0.481 e. The van der Waals surface area contributed by atoms with Gasteiger partial charge in [-0.05, 0) is 19.4 Å². The topological polar surface area (TPSA) is 71.4 Å². The summed E-state index contributed by atoms with van der Waals surface area (Å²) in [6, 6.07) is 3.83. The Balaban J connectivity index is 1.76. The van der Waals surface area contributed by atoms with Crippen LogP contribution in [-0.4, -0.2) is 36.6 Å². The number of hydrogen-bond donors (Lipinski definition) is 2. The van der Waals surface area contributed by atoms with E-state index in [-0.39, 0.29) is 0 Å². The van der Waals surface area contributed by atoms with E-state index in [0.29, 0.717) is 12.4 Å². The number of nitrogens with one attached hydrogen (secondary N) is 2. The highest BCUT2D eigenvalue weighted by Crippen LogP contribution is 2.16. The normalized spacial score (nSPS) is 11.4. The molecule has 2 rings (SSSR count). The molecule has 0 fully saturated rings. The molecule has 0 radical (unpaired) electrons. The molecule has 0 atom stereocenters. The number of nitrogens with zero attached hydrogens (tertiary/aromatic N) is 3. The maximum atomic E-state index is 5.05. The van der Waals surface area contributed by atoms with Gasteiger partial charge in [-0.3, -0.25) is 4.99 Å². The van der Waals surface area contributed by atoms with Crippen molar-refractivity contribution in [1.29, 1.82) is 0 Å². The fourth-order valence-corrected chi connectivity index (χ4v) is 2.91. The molecule has 6 nitrogen and oxygen atoms in total. The number of guanidine groups is 1. The predicted octanol–water partition coefficient (Wildman–Crippen LogP) is 2.07. The van der Waals surface area contributed by atoms with Crippen LogP contribution in [0.2, 0.25) is 0 Å². The van der Waals surface area contributed by atoms with Gasteiger partial charge in [0.25, 0.3) is 0 Å². The van der Waals surface area contributed by atoms with E-state index < -0.39 is 0 Å². The van der Waals surface area contributed by atoms with E-state index in [0.717, 1.165) is 35.2 Å². The van der Waals surface area contributed by atoms with E-state index in [1.54, 1.807) is 31.7 Å². The first-order chi connectivity index (χ1) is 11.1. The summed E-state index contributed by atoms with van der Waals surface area (Å²) in [5, 5.41) is 7.72. The Morgan fingerprint density at radius 1 is 1.30 bits per heavy atom. The van der Waals surface area contributed by atoms with Crippen LogP contribution < -0.4 is 15.4 Å². The van der Waals surface area contributed by atoms with E-state index >= 15 is 0 Å². The summed E-state index contributed by atoms with van der Waals surface area (Å²) in [5.74, 6) is 1.39. The Bertz CT molecular complexity index is 631. The molecule has 2 N–H and O–H groups in total. The standard InChI is InChI=1S/C16H23N5OS/c1-11-12(2)23-15(21-11)7-8-18-16(17-3)20-10-13-5-6-14(22-4)19-9-13/h5-6,9H,7-8,10H2,1-4H3,(H2,17,18,20). The van der Waals surface area contributed by atoms with Gasteiger partial charge < -0.3 is 15.4 Å². The van der Waals surface area contributed by atoms with Gasteiger partial charge in [-0.2, -0.15) is 0 Å². The fourth-order valence-electron chi connectivity index (χ4n) is 1.98. The molecule has 0 aliphatic heterocycles. The molecule has 0 amide bonds. The van der Waals surface area contributed by atoms with Gasteiger partial charge >= 0.3 is 0 Å². The van der Waals surface area contributed by atoms with Crippen molar-refractivity contribution in [2.75, 3.05) is 20.7 Å². The van der Waals surface area contributed by atoms with Crippen LogP contribution in [0.3, 0.4) is 0 Å². The highest BCUT2D eigenvalue weighted by atomic mass is 32.1. The van der Waals surface area contributed by atoms with Crippen LogP contribution in [0.4, 0.5) is 0 Å². The second-order valence-corrected chi connectivity index (χ2v) is 6.35. The van der Waals surface area contributed by atoms with Gasteiger partial charge in [-0.1, -0.05) is 6.07 Å². The molecular weight excluding hydrogens is 310 g/mol. The molecule has 0 aliphatic carbocycles. The summed E-state index contributed by atoms with van der Waals surface area (Å²) in [4.78, 5) is 14.2. The number of aryl methyl sites for hydroxylation is 2. The minimum atomic E-state index is 0.616. The first kappa shape index (κ1) is 17.2. The molecule has 2 aromatic rings. The Morgan fingerprint density at radius 2 is 2.13 bits per heavy atom. The molecule has 124 valence electrons. The number of ether oxygens (including phenoxy) is 1. The van der Waals surface area contributed by atoms with Gasteiger partial charge in [0.2, 0.25) is 5.88 Å². The summed E-state index contributed by atoms with van der Waals surface area (Å²) >= 11 is 1.76. The first-order valence-corrected chi connectivity index (χ1v) is 8.30. The van der Waals surface area contributed by atoms with E-state index in [4.69, 9.17) is 4.74 Å². The van der Waals surface area contributed by atoms with E-state index in [1.807, 2.05) is 19.1 Å². The third kappa shape index (κ3) is 5.21. The van der Waals surface area contributed by atoms with Gasteiger partial charge in [0.15, 0.2) is 5.96 Å². The predicted molar refractivity (Wildman–Crippen MR) is 94.3 cm³/mol. The molecule has 0 aromatic carbocycles. The van der Waals surface area contributed by atoms with Crippen LogP contribution in [0, 0.1) is 13.8 Å². The van der Waals surface area contributed by atoms with Gasteiger partial charge in [-0.15, -0.1) is 11.3 Å². The van der Waals surface area contributed by atoms with Crippen LogP contribution in [0.15, 0.2) is 23.3 Å². The molecule has 2 heterocycles. The maximum Gasteiger partial charge on any atom is 0.212 e. The first-order valence-electron chi connectivity index (χ1n) is 7.48. The molecule has 23 heavy (non-hydrogen) atoms.